The van der Waals surface area contributed by atoms with Gasteiger partial charge >= 0.3 is 0 Å². The molecule has 3 aromatic rings. The van der Waals surface area contributed by atoms with E-state index < -0.39 is 6.04 Å². The van der Waals surface area contributed by atoms with Crippen molar-refractivity contribution < 1.29 is 19.1 Å². The lowest BCUT2D eigenvalue weighted by Crippen LogP contribution is -2.37. The van der Waals surface area contributed by atoms with Gasteiger partial charge in [-0.05, 0) is 78.8 Å². The number of carbonyl (C=O) groups is 2. The van der Waals surface area contributed by atoms with E-state index in [1.165, 1.54) is 4.90 Å². The number of amides is 2. The number of nitrogens with zero attached hydrogens (tertiary/aromatic N) is 2. The summed E-state index contributed by atoms with van der Waals surface area (Å²) in [5.74, 6) is 0.670. The molecular formula is C26H21Cl2N3O4S. The quantitative estimate of drug-likeness (QED) is 0.412. The number of anilines is 2. The highest BCUT2D eigenvalue weighted by Gasteiger charge is 2.44. The number of fused-ring (bicyclic) bond motifs is 1. The molecule has 0 saturated carbocycles. The van der Waals surface area contributed by atoms with Gasteiger partial charge in [0.2, 0.25) is 12.7 Å². The van der Waals surface area contributed by atoms with Crippen molar-refractivity contribution in [3.8, 4) is 11.5 Å². The van der Waals surface area contributed by atoms with Gasteiger partial charge in [0.25, 0.3) is 5.91 Å². The van der Waals surface area contributed by atoms with Crippen LogP contribution in [0.1, 0.15) is 17.5 Å². The van der Waals surface area contributed by atoms with Crippen molar-refractivity contribution in [1.29, 1.82) is 0 Å². The maximum Gasteiger partial charge on any atom is 0.256 e. The topological polar surface area (TPSA) is 71.1 Å². The van der Waals surface area contributed by atoms with Crippen LogP contribution in [0.15, 0.2) is 60.7 Å². The number of halogens is 2. The van der Waals surface area contributed by atoms with Crippen LogP contribution in [0.5, 0.6) is 11.5 Å². The Morgan fingerprint density at radius 1 is 1.06 bits per heavy atom. The minimum Gasteiger partial charge on any atom is -0.454 e. The molecule has 5 rings (SSSR count). The summed E-state index contributed by atoms with van der Waals surface area (Å²) in [5, 5.41) is 4.23. The van der Waals surface area contributed by atoms with E-state index >= 15 is 0 Å². The van der Waals surface area contributed by atoms with Crippen molar-refractivity contribution in [3.63, 3.8) is 0 Å². The summed E-state index contributed by atoms with van der Waals surface area (Å²) in [5.41, 5.74) is 2.90. The molecule has 1 atom stereocenters. The second kappa shape index (κ2) is 9.97. The van der Waals surface area contributed by atoms with Crippen molar-refractivity contribution in [1.82, 2.24) is 4.90 Å². The third kappa shape index (κ3) is 4.84. The first-order chi connectivity index (χ1) is 17.3. The molecule has 0 spiro atoms. The summed E-state index contributed by atoms with van der Waals surface area (Å²) in [6.07, 6.45) is -0.0981. The molecule has 2 amide bonds. The molecule has 0 aliphatic carbocycles. The zero-order valence-electron chi connectivity index (χ0n) is 19.2. The minimum atomic E-state index is -0.806. The highest BCUT2D eigenvalue weighted by Crippen LogP contribution is 2.35. The molecule has 10 heteroatoms. The number of rotatable bonds is 6. The largest absolute Gasteiger partial charge is 0.454 e. The zero-order valence-corrected chi connectivity index (χ0v) is 21.5. The lowest BCUT2D eigenvalue weighted by molar-refractivity contribution is -0.124. The molecule has 2 aliphatic heterocycles. The zero-order chi connectivity index (χ0) is 25.4. The van der Waals surface area contributed by atoms with Crippen LogP contribution in [0.3, 0.4) is 0 Å². The van der Waals surface area contributed by atoms with Crippen molar-refractivity contribution in [2.75, 3.05) is 17.0 Å². The standard InChI is InChI=1S/C26H21Cl2N3O4S/c1-15-2-6-18(11-20(15)28)29-24(32)12-21-25(33)31(19-7-4-17(27)5-8-19)26(36)30(21)13-16-3-9-22-23(10-16)35-14-34-22/h2-11,21H,12-14H2,1H3,(H,29,32). The number of thiocarbonyl (C=S) groups is 1. The molecule has 2 heterocycles. The van der Waals surface area contributed by atoms with Crippen LogP contribution in [0.2, 0.25) is 10.0 Å². The van der Waals surface area contributed by atoms with Crippen molar-refractivity contribution >= 4 is 63.7 Å². The Morgan fingerprint density at radius 3 is 2.56 bits per heavy atom. The van der Waals surface area contributed by atoms with Crippen LogP contribution < -0.4 is 19.7 Å². The number of hydrogen-bond acceptors (Lipinski definition) is 5. The third-order valence-electron chi connectivity index (χ3n) is 6.03. The molecule has 0 bridgehead atoms. The van der Waals surface area contributed by atoms with Crippen molar-refractivity contribution in [3.05, 3.63) is 81.8 Å². The Bertz CT molecular complexity index is 1370. The van der Waals surface area contributed by atoms with Crippen LogP contribution in [0.25, 0.3) is 0 Å². The van der Waals surface area contributed by atoms with E-state index in [2.05, 4.69) is 5.32 Å². The summed E-state index contributed by atoms with van der Waals surface area (Å²) < 4.78 is 10.9. The average Bonchev–Trinajstić information content (AvgIpc) is 3.40. The van der Waals surface area contributed by atoms with Crippen molar-refractivity contribution in [2.45, 2.75) is 25.9 Å². The molecular weight excluding hydrogens is 521 g/mol. The Balaban J connectivity index is 1.41. The van der Waals surface area contributed by atoms with Crippen LogP contribution >= 0.6 is 35.4 Å². The van der Waals surface area contributed by atoms with Crippen molar-refractivity contribution in [2.24, 2.45) is 0 Å². The molecule has 0 aromatic heterocycles. The summed E-state index contributed by atoms with van der Waals surface area (Å²) in [4.78, 5) is 29.8. The van der Waals surface area contributed by atoms with Gasteiger partial charge in [0, 0.05) is 22.3 Å². The van der Waals surface area contributed by atoms with Gasteiger partial charge in [-0.25, -0.2) is 0 Å². The van der Waals surface area contributed by atoms with Crippen LogP contribution in [0, 0.1) is 6.92 Å². The van der Waals surface area contributed by atoms with Gasteiger partial charge in [-0.15, -0.1) is 0 Å². The van der Waals surface area contributed by atoms with E-state index in [1.54, 1.807) is 41.3 Å². The van der Waals surface area contributed by atoms with E-state index in [9.17, 15) is 9.59 Å². The Morgan fingerprint density at radius 2 is 1.81 bits per heavy atom. The van der Waals surface area contributed by atoms with E-state index in [4.69, 9.17) is 44.9 Å². The molecule has 1 saturated heterocycles. The SMILES string of the molecule is Cc1ccc(NC(=O)CC2C(=O)N(c3ccc(Cl)cc3)C(=S)N2Cc2ccc3c(c2)OCO3)cc1Cl. The van der Waals surface area contributed by atoms with Gasteiger partial charge in [-0.1, -0.05) is 35.3 Å². The average molecular weight is 542 g/mol. The first kappa shape index (κ1) is 24.4. The fourth-order valence-corrected chi connectivity index (χ4v) is 4.83. The summed E-state index contributed by atoms with van der Waals surface area (Å²) in [6, 6.07) is 16.9. The monoisotopic (exact) mass is 541 g/mol. The smallest absolute Gasteiger partial charge is 0.256 e. The molecule has 3 aromatic carbocycles. The molecule has 1 N–H and O–H groups in total. The van der Waals surface area contributed by atoms with Gasteiger partial charge < -0.3 is 19.7 Å². The number of ether oxygens (including phenoxy) is 2. The lowest BCUT2D eigenvalue weighted by Gasteiger charge is -2.24. The molecule has 1 unspecified atom stereocenters. The Hall–Kier alpha value is -3.33. The van der Waals surface area contributed by atoms with Crippen LogP contribution in [-0.2, 0) is 16.1 Å². The summed E-state index contributed by atoms with van der Waals surface area (Å²) in [7, 11) is 0. The van der Waals surface area contributed by atoms with Gasteiger partial charge in [0.1, 0.15) is 6.04 Å². The number of benzene rings is 3. The normalized spacial score (nSPS) is 16.6. The molecule has 184 valence electrons. The third-order valence-corrected chi connectivity index (χ3v) is 7.10. The second-order valence-electron chi connectivity index (χ2n) is 8.48. The molecule has 2 aliphatic rings. The maximum absolute atomic E-state index is 13.6. The summed E-state index contributed by atoms with van der Waals surface area (Å²) >= 11 is 18.0. The van der Waals surface area contributed by atoms with E-state index in [0.717, 1.165) is 11.1 Å². The number of nitrogens with one attached hydrogen (secondary N) is 1. The van der Waals surface area contributed by atoms with Gasteiger partial charge in [0.05, 0.1) is 12.1 Å². The lowest BCUT2D eigenvalue weighted by atomic mass is 10.1. The number of hydrogen-bond donors (Lipinski definition) is 1. The molecule has 0 radical (unpaired) electrons. The fourth-order valence-electron chi connectivity index (χ4n) is 4.14. The highest BCUT2D eigenvalue weighted by molar-refractivity contribution is 7.80. The number of aryl methyl sites for hydroxylation is 1. The first-order valence-electron chi connectivity index (χ1n) is 11.1. The van der Waals surface area contributed by atoms with E-state index in [1.807, 2.05) is 31.2 Å². The predicted octanol–water partition coefficient (Wildman–Crippen LogP) is 5.56. The minimum absolute atomic E-state index is 0.0981. The first-order valence-corrected chi connectivity index (χ1v) is 12.3. The second-order valence-corrected chi connectivity index (χ2v) is 9.69. The van der Waals surface area contributed by atoms with Gasteiger partial charge in [-0.2, -0.15) is 0 Å². The number of carbonyl (C=O) groups excluding carboxylic acids is 2. The van der Waals surface area contributed by atoms with E-state index in [-0.39, 0.29) is 25.0 Å². The molecule has 7 nitrogen and oxygen atoms in total. The summed E-state index contributed by atoms with van der Waals surface area (Å²) in [6.45, 7) is 2.35. The van der Waals surface area contributed by atoms with Crippen LogP contribution in [0.4, 0.5) is 11.4 Å². The Labute approximate surface area is 223 Å². The molecule has 36 heavy (non-hydrogen) atoms. The fraction of sp³-hybridized carbons (Fsp3) is 0.192. The van der Waals surface area contributed by atoms with Crippen LogP contribution in [-0.4, -0.2) is 34.7 Å². The van der Waals surface area contributed by atoms with E-state index in [0.29, 0.717) is 44.6 Å². The van der Waals surface area contributed by atoms with Gasteiger partial charge in [-0.3, -0.25) is 14.5 Å². The maximum atomic E-state index is 13.6. The highest BCUT2D eigenvalue weighted by atomic mass is 35.5. The predicted molar refractivity (Wildman–Crippen MR) is 143 cm³/mol. The van der Waals surface area contributed by atoms with Gasteiger partial charge in [0.15, 0.2) is 16.6 Å². The Kier molecular flexibility index (Phi) is 6.75. The molecule has 1 fully saturated rings.